The second-order valence-corrected chi connectivity index (χ2v) is 5.48. The third kappa shape index (κ3) is 2.22. The molecule has 2 aromatic heterocycles. The molecule has 1 aliphatic heterocycles. The highest BCUT2D eigenvalue weighted by molar-refractivity contribution is 7.15. The lowest BCUT2D eigenvalue weighted by Crippen LogP contribution is -2.26. The summed E-state index contributed by atoms with van der Waals surface area (Å²) in [5.41, 5.74) is 6.34. The number of rotatable bonds is 2. The van der Waals surface area contributed by atoms with Crippen LogP contribution in [0.2, 0.25) is 0 Å². The van der Waals surface area contributed by atoms with Gasteiger partial charge in [-0.05, 0) is 12.1 Å². The van der Waals surface area contributed by atoms with E-state index in [1.54, 1.807) is 4.90 Å². The summed E-state index contributed by atoms with van der Waals surface area (Å²) in [4.78, 5) is 22.7. The Balaban J connectivity index is 1.75. The van der Waals surface area contributed by atoms with Crippen LogP contribution in [0.4, 0.5) is 13.9 Å². The fraction of sp³-hybridized carbons (Fsp3) is 0.250. The van der Waals surface area contributed by atoms with E-state index in [1.807, 2.05) is 0 Å². The first-order valence-electron chi connectivity index (χ1n) is 5.82. The van der Waals surface area contributed by atoms with Gasteiger partial charge in [0.15, 0.2) is 5.13 Å². The van der Waals surface area contributed by atoms with Crippen LogP contribution in [0, 0.1) is 0 Å². The zero-order valence-corrected chi connectivity index (χ0v) is 11.0. The van der Waals surface area contributed by atoms with Crippen molar-refractivity contribution < 1.29 is 13.6 Å². The molecule has 0 unspecified atom stereocenters. The molecule has 0 aliphatic carbocycles. The van der Waals surface area contributed by atoms with E-state index in [0.29, 0.717) is 18.2 Å². The first-order valence-corrected chi connectivity index (χ1v) is 6.63. The molecule has 0 aromatic carbocycles. The summed E-state index contributed by atoms with van der Waals surface area (Å²) in [6, 6.07) is 2.53. The molecule has 2 N–H and O–H groups in total. The molecule has 0 saturated carbocycles. The Morgan fingerprint density at radius 1 is 1.40 bits per heavy atom. The van der Waals surface area contributed by atoms with Gasteiger partial charge < -0.3 is 10.6 Å². The molecule has 3 heterocycles. The van der Waals surface area contributed by atoms with Crippen LogP contribution < -0.4 is 5.73 Å². The molecule has 104 valence electrons. The fourth-order valence-electron chi connectivity index (χ4n) is 2.03. The number of nitrogens with zero attached hydrogens (tertiary/aromatic N) is 3. The number of alkyl halides is 2. The normalized spacial score (nSPS) is 13.8. The Morgan fingerprint density at radius 3 is 2.80 bits per heavy atom. The zero-order valence-electron chi connectivity index (χ0n) is 10.2. The smallest absolute Gasteiger partial charge is 0.273 e. The minimum absolute atomic E-state index is 0.150. The highest BCUT2D eigenvalue weighted by atomic mass is 32.1. The van der Waals surface area contributed by atoms with Gasteiger partial charge in [0.1, 0.15) is 5.69 Å². The molecule has 1 amide bonds. The monoisotopic (exact) mass is 296 g/mol. The summed E-state index contributed by atoms with van der Waals surface area (Å²) in [5.74, 6) is -0.297. The van der Waals surface area contributed by atoms with E-state index in [-0.39, 0.29) is 17.2 Å². The van der Waals surface area contributed by atoms with E-state index in [4.69, 9.17) is 5.73 Å². The highest BCUT2D eigenvalue weighted by Gasteiger charge is 2.28. The number of fused-ring (bicyclic) bond motifs is 1. The van der Waals surface area contributed by atoms with Gasteiger partial charge in [0.2, 0.25) is 0 Å². The van der Waals surface area contributed by atoms with Crippen LogP contribution in [0.1, 0.15) is 33.0 Å². The van der Waals surface area contributed by atoms with Crippen molar-refractivity contribution in [3.05, 3.63) is 40.2 Å². The maximum atomic E-state index is 12.4. The third-order valence-electron chi connectivity index (χ3n) is 3.01. The Morgan fingerprint density at radius 2 is 2.20 bits per heavy atom. The van der Waals surface area contributed by atoms with Gasteiger partial charge in [0.25, 0.3) is 12.3 Å². The summed E-state index contributed by atoms with van der Waals surface area (Å²) in [6.45, 7) is 0.807. The number of thiazole rings is 1. The second-order valence-electron chi connectivity index (χ2n) is 4.36. The van der Waals surface area contributed by atoms with Crippen LogP contribution in [-0.4, -0.2) is 20.8 Å². The van der Waals surface area contributed by atoms with Crippen molar-refractivity contribution in [2.24, 2.45) is 0 Å². The Kier molecular flexibility index (Phi) is 3.09. The quantitative estimate of drug-likeness (QED) is 0.922. The van der Waals surface area contributed by atoms with Crippen molar-refractivity contribution in [2.75, 3.05) is 5.73 Å². The van der Waals surface area contributed by atoms with Gasteiger partial charge >= 0.3 is 0 Å². The van der Waals surface area contributed by atoms with Crippen molar-refractivity contribution in [1.82, 2.24) is 14.9 Å². The molecular formula is C12H10F2N4OS. The van der Waals surface area contributed by atoms with E-state index in [9.17, 15) is 13.6 Å². The van der Waals surface area contributed by atoms with Crippen molar-refractivity contribution in [3.8, 4) is 0 Å². The molecule has 20 heavy (non-hydrogen) atoms. The van der Waals surface area contributed by atoms with Gasteiger partial charge in [-0.1, -0.05) is 0 Å². The highest BCUT2D eigenvalue weighted by Crippen LogP contribution is 2.30. The Hall–Kier alpha value is -2.09. The first kappa shape index (κ1) is 12.9. The zero-order chi connectivity index (χ0) is 14.3. The third-order valence-corrected chi connectivity index (χ3v) is 3.93. The summed E-state index contributed by atoms with van der Waals surface area (Å²) in [7, 11) is 0. The lowest BCUT2D eigenvalue weighted by molar-refractivity contribution is 0.0744. The number of hydrogen-bond acceptors (Lipinski definition) is 5. The standard InChI is InChI=1S/C12H10F2N4OS/c13-10(14)6-1-2-7(16-3-6)11(19)18-4-8-9(5-18)20-12(15)17-8/h1-3,10H,4-5H2,(H2,15,17). The number of nitrogens with two attached hydrogens (primary N) is 1. The number of carbonyl (C=O) groups is 1. The van der Waals surface area contributed by atoms with E-state index in [1.165, 1.54) is 23.5 Å². The van der Waals surface area contributed by atoms with Crippen molar-refractivity contribution in [1.29, 1.82) is 0 Å². The van der Waals surface area contributed by atoms with Crippen molar-refractivity contribution in [3.63, 3.8) is 0 Å². The Labute approximate surface area is 117 Å². The number of amides is 1. The molecule has 0 spiro atoms. The lowest BCUT2D eigenvalue weighted by Gasteiger charge is -2.14. The molecule has 0 saturated heterocycles. The number of aromatic nitrogens is 2. The predicted molar refractivity (Wildman–Crippen MR) is 69.3 cm³/mol. The SMILES string of the molecule is Nc1nc2c(s1)CN(C(=O)c1ccc(C(F)F)cn1)C2. The van der Waals surface area contributed by atoms with Crippen LogP contribution in [0.5, 0.6) is 0 Å². The molecule has 3 rings (SSSR count). The molecular weight excluding hydrogens is 286 g/mol. The van der Waals surface area contributed by atoms with E-state index < -0.39 is 6.43 Å². The van der Waals surface area contributed by atoms with Gasteiger partial charge in [-0.2, -0.15) is 0 Å². The van der Waals surface area contributed by atoms with Gasteiger partial charge in [-0.3, -0.25) is 9.78 Å². The van der Waals surface area contributed by atoms with Gasteiger partial charge in [-0.15, -0.1) is 11.3 Å². The number of anilines is 1. The summed E-state index contributed by atoms with van der Waals surface area (Å²) in [6.07, 6.45) is -1.56. The average molecular weight is 296 g/mol. The van der Waals surface area contributed by atoms with Crippen molar-refractivity contribution >= 4 is 22.4 Å². The molecule has 5 nitrogen and oxygen atoms in total. The minimum Gasteiger partial charge on any atom is -0.375 e. The number of halogens is 2. The van der Waals surface area contributed by atoms with Crippen LogP contribution in [0.25, 0.3) is 0 Å². The number of carbonyl (C=O) groups excluding carboxylic acids is 1. The van der Waals surface area contributed by atoms with Crippen LogP contribution >= 0.6 is 11.3 Å². The van der Waals surface area contributed by atoms with Crippen molar-refractivity contribution in [2.45, 2.75) is 19.5 Å². The molecule has 8 heteroatoms. The molecule has 0 fully saturated rings. The molecule has 2 aromatic rings. The summed E-state index contributed by atoms with van der Waals surface area (Å²) < 4.78 is 24.8. The summed E-state index contributed by atoms with van der Waals surface area (Å²) in [5, 5.41) is 0.488. The van der Waals surface area contributed by atoms with E-state index >= 15 is 0 Å². The molecule has 0 bridgehead atoms. The summed E-state index contributed by atoms with van der Waals surface area (Å²) >= 11 is 1.35. The van der Waals surface area contributed by atoms with Crippen LogP contribution in [0.3, 0.4) is 0 Å². The van der Waals surface area contributed by atoms with Gasteiger partial charge in [0, 0.05) is 11.8 Å². The Bertz CT molecular complexity index is 632. The van der Waals surface area contributed by atoms with Crippen LogP contribution in [0.15, 0.2) is 18.3 Å². The largest absolute Gasteiger partial charge is 0.375 e. The van der Waals surface area contributed by atoms with E-state index in [0.717, 1.165) is 16.8 Å². The van der Waals surface area contributed by atoms with Crippen LogP contribution in [-0.2, 0) is 13.1 Å². The second kappa shape index (κ2) is 4.78. The average Bonchev–Trinajstić information content (AvgIpc) is 2.95. The fourth-order valence-corrected chi connectivity index (χ4v) is 2.88. The number of nitrogen functional groups attached to an aromatic ring is 1. The van der Waals surface area contributed by atoms with Gasteiger partial charge in [-0.25, -0.2) is 13.8 Å². The minimum atomic E-state index is -2.59. The molecule has 0 radical (unpaired) electrons. The first-order chi connectivity index (χ1) is 9.54. The topological polar surface area (TPSA) is 72.1 Å². The lowest BCUT2D eigenvalue weighted by atomic mass is 10.2. The number of pyridine rings is 1. The maximum absolute atomic E-state index is 12.4. The maximum Gasteiger partial charge on any atom is 0.273 e. The van der Waals surface area contributed by atoms with E-state index in [2.05, 4.69) is 9.97 Å². The molecule has 0 atom stereocenters. The predicted octanol–water partition coefficient (Wildman–Crippen LogP) is 2.21. The number of hydrogen-bond donors (Lipinski definition) is 1. The molecule has 1 aliphatic rings. The van der Waals surface area contributed by atoms with Gasteiger partial charge in [0.05, 0.1) is 23.7 Å².